The number of halogens is 1. The Morgan fingerprint density at radius 3 is 2.26 bits per heavy atom. The smallest absolute Gasteiger partial charge is 0.272 e. The normalized spacial score (nSPS) is 11.1. The molecule has 0 saturated carbocycles. The molecule has 0 radical (unpaired) electrons. The van der Waals surface area contributed by atoms with Crippen molar-refractivity contribution in [2.45, 2.75) is 11.8 Å². The van der Waals surface area contributed by atoms with E-state index < -0.39 is 5.91 Å². The summed E-state index contributed by atoms with van der Waals surface area (Å²) in [6, 6.07) is 30.3. The molecule has 0 saturated heterocycles. The molecule has 0 aliphatic carbocycles. The molecule has 0 fully saturated rings. The van der Waals surface area contributed by atoms with Gasteiger partial charge in [0.25, 0.3) is 11.8 Å². The second kappa shape index (κ2) is 12.9. The van der Waals surface area contributed by atoms with Crippen LogP contribution in [0.25, 0.3) is 6.08 Å². The van der Waals surface area contributed by atoms with E-state index in [1.807, 2.05) is 43.3 Å². The maximum Gasteiger partial charge on any atom is 0.272 e. The molecule has 4 rings (SSSR count). The molecule has 0 aromatic heterocycles. The minimum atomic E-state index is -0.461. The zero-order chi connectivity index (χ0) is 26.9. The lowest BCUT2D eigenvalue weighted by Gasteiger charge is -2.13. The van der Waals surface area contributed by atoms with Crippen molar-refractivity contribution in [3.05, 3.63) is 136 Å². The Morgan fingerprint density at radius 1 is 0.816 bits per heavy atom. The highest BCUT2D eigenvalue weighted by Gasteiger charge is 2.16. The predicted molar refractivity (Wildman–Crippen MR) is 155 cm³/mol. The zero-order valence-electron chi connectivity index (χ0n) is 20.6. The lowest BCUT2D eigenvalue weighted by atomic mass is 10.1. The molecule has 0 aliphatic rings. The number of aryl methyl sites for hydroxylation is 1. The summed E-state index contributed by atoms with van der Waals surface area (Å²) >= 11 is 7.28. The molecule has 2 N–H and O–H groups in total. The number of hydrogen-bond acceptors (Lipinski definition) is 4. The Morgan fingerprint density at radius 2 is 1.53 bits per heavy atom. The molecule has 0 unspecified atom stereocenters. The van der Waals surface area contributed by atoms with Gasteiger partial charge in [-0.1, -0.05) is 60.1 Å². The fourth-order valence-corrected chi connectivity index (χ4v) is 4.55. The number of anilines is 1. The minimum Gasteiger partial charge on any atom is -0.321 e. The maximum atomic E-state index is 13.3. The van der Waals surface area contributed by atoms with Crippen molar-refractivity contribution in [3.63, 3.8) is 0 Å². The van der Waals surface area contributed by atoms with Gasteiger partial charge in [0.1, 0.15) is 5.70 Å². The van der Waals surface area contributed by atoms with Gasteiger partial charge in [-0.25, -0.2) is 0 Å². The summed E-state index contributed by atoms with van der Waals surface area (Å²) in [6.45, 7) is 1.94. The Kier molecular flexibility index (Phi) is 9.14. The van der Waals surface area contributed by atoms with Gasteiger partial charge in [0, 0.05) is 26.7 Å². The van der Waals surface area contributed by atoms with Crippen LogP contribution in [0.5, 0.6) is 0 Å². The molecule has 0 aliphatic heterocycles. The molecule has 5 nitrogen and oxygen atoms in total. The van der Waals surface area contributed by atoms with E-state index in [1.165, 1.54) is 11.8 Å². The van der Waals surface area contributed by atoms with Gasteiger partial charge in [0.05, 0.1) is 5.75 Å². The van der Waals surface area contributed by atoms with E-state index in [1.54, 1.807) is 72.8 Å². The van der Waals surface area contributed by atoms with Crippen LogP contribution in [0.4, 0.5) is 5.69 Å². The third-order valence-electron chi connectivity index (χ3n) is 5.65. The Hall–Kier alpha value is -4.13. The average molecular weight is 541 g/mol. The topological polar surface area (TPSA) is 75.3 Å². The van der Waals surface area contributed by atoms with Gasteiger partial charge < -0.3 is 10.6 Å². The van der Waals surface area contributed by atoms with Crippen LogP contribution in [-0.4, -0.2) is 23.4 Å². The molecular weight excluding hydrogens is 516 g/mol. The number of nitrogens with one attached hydrogen (secondary N) is 2. The van der Waals surface area contributed by atoms with E-state index in [0.29, 0.717) is 21.8 Å². The zero-order valence-corrected chi connectivity index (χ0v) is 22.2. The number of Topliss-reactive ketones (excluding diaryl/α,β-unsaturated/α-hetero) is 1. The fraction of sp³-hybridized carbons (Fsp3) is 0.0645. The van der Waals surface area contributed by atoms with Crippen LogP contribution in [0.15, 0.2) is 114 Å². The van der Waals surface area contributed by atoms with Gasteiger partial charge in [0.15, 0.2) is 5.78 Å². The summed E-state index contributed by atoms with van der Waals surface area (Å²) in [4.78, 5) is 39.5. The number of benzene rings is 4. The summed E-state index contributed by atoms with van der Waals surface area (Å²) in [6.07, 6.45) is 1.66. The highest BCUT2D eigenvalue weighted by atomic mass is 35.5. The number of rotatable bonds is 9. The quantitative estimate of drug-likeness (QED) is 0.136. The van der Waals surface area contributed by atoms with Crippen molar-refractivity contribution in [2.24, 2.45) is 0 Å². The van der Waals surface area contributed by atoms with Crippen molar-refractivity contribution in [1.82, 2.24) is 5.32 Å². The summed E-state index contributed by atoms with van der Waals surface area (Å²) in [5.74, 6) is -0.624. The van der Waals surface area contributed by atoms with Gasteiger partial charge in [-0.05, 0) is 78.7 Å². The number of hydrogen-bond donors (Lipinski definition) is 2. The van der Waals surface area contributed by atoms with E-state index in [2.05, 4.69) is 10.6 Å². The average Bonchev–Trinajstić information content (AvgIpc) is 2.93. The number of carbonyl (C=O) groups is 3. The Balaban J connectivity index is 1.49. The number of ketones is 1. The molecule has 0 heterocycles. The van der Waals surface area contributed by atoms with Crippen molar-refractivity contribution in [2.75, 3.05) is 11.1 Å². The Bertz CT molecular complexity index is 1480. The van der Waals surface area contributed by atoms with E-state index >= 15 is 0 Å². The summed E-state index contributed by atoms with van der Waals surface area (Å²) < 4.78 is 0. The molecule has 2 amide bonds. The summed E-state index contributed by atoms with van der Waals surface area (Å²) in [5.41, 5.74) is 3.48. The first-order chi connectivity index (χ1) is 18.4. The molecule has 4 aromatic carbocycles. The summed E-state index contributed by atoms with van der Waals surface area (Å²) in [5, 5.41) is 6.20. The van der Waals surface area contributed by atoms with Crippen LogP contribution >= 0.6 is 23.4 Å². The van der Waals surface area contributed by atoms with Gasteiger partial charge in [-0.15, -0.1) is 11.8 Å². The van der Waals surface area contributed by atoms with Gasteiger partial charge in [-0.3, -0.25) is 14.4 Å². The first-order valence-corrected chi connectivity index (χ1v) is 13.2. The molecule has 4 aromatic rings. The third-order valence-corrected chi connectivity index (χ3v) is 6.89. The molecular formula is C31H25ClN2O3S. The van der Waals surface area contributed by atoms with Gasteiger partial charge in [0.2, 0.25) is 0 Å². The van der Waals surface area contributed by atoms with Gasteiger partial charge >= 0.3 is 0 Å². The monoisotopic (exact) mass is 540 g/mol. The highest BCUT2D eigenvalue weighted by Crippen LogP contribution is 2.24. The summed E-state index contributed by atoms with van der Waals surface area (Å²) in [7, 11) is 0. The maximum absolute atomic E-state index is 13.3. The van der Waals surface area contributed by atoms with Crippen molar-refractivity contribution >= 4 is 52.7 Å². The third kappa shape index (κ3) is 7.44. The molecule has 38 heavy (non-hydrogen) atoms. The standard InChI is InChI=1S/C31H25ClN2O3S/c1-21-8-5-6-11-24(21)18-28(34-30(36)23-9-3-2-4-10-23)31(37)33-26-12-7-13-27(19-26)38-20-29(35)22-14-16-25(32)17-15-22/h2-19H,20H2,1H3,(H,33,37)(H,34,36)/b28-18-. The molecule has 0 bridgehead atoms. The molecule has 7 heteroatoms. The second-order valence-electron chi connectivity index (χ2n) is 8.44. The van der Waals surface area contributed by atoms with Crippen LogP contribution in [0, 0.1) is 6.92 Å². The lowest BCUT2D eigenvalue weighted by molar-refractivity contribution is -0.113. The molecule has 0 atom stereocenters. The van der Waals surface area contributed by atoms with Crippen LogP contribution in [0.2, 0.25) is 5.02 Å². The molecule has 190 valence electrons. The van der Waals surface area contributed by atoms with E-state index in [9.17, 15) is 14.4 Å². The van der Waals surface area contributed by atoms with E-state index in [-0.39, 0.29) is 23.1 Å². The highest BCUT2D eigenvalue weighted by molar-refractivity contribution is 8.00. The lowest BCUT2D eigenvalue weighted by Crippen LogP contribution is -2.30. The number of thioether (sulfide) groups is 1. The molecule has 0 spiro atoms. The van der Waals surface area contributed by atoms with Crippen molar-refractivity contribution in [1.29, 1.82) is 0 Å². The first-order valence-electron chi connectivity index (χ1n) is 11.9. The van der Waals surface area contributed by atoms with E-state index in [0.717, 1.165) is 16.0 Å². The van der Waals surface area contributed by atoms with Crippen LogP contribution in [0.3, 0.4) is 0 Å². The number of amides is 2. The van der Waals surface area contributed by atoms with E-state index in [4.69, 9.17) is 11.6 Å². The minimum absolute atomic E-state index is 0.0202. The predicted octanol–water partition coefficient (Wildman–Crippen LogP) is 7.03. The van der Waals surface area contributed by atoms with Crippen molar-refractivity contribution in [3.8, 4) is 0 Å². The second-order valence-corrected chi connectivity index (χ2v) is 9.92. The van der Waals surface area contributed by atoms with Crippen LogP contribution in [0.1, 0.15) is 31.8 Å². The van der Waals surface area contributed by atoms with Crippen molar-refractivity contribution < 1.29 is 14.4 Å². The SMILES string of the molecule is Cc1ccccc1/C=C(\NC(=O)c1ccccc1)C(=O)Nc1cccc(SCC(=O)c2ccc(Cl)cc2)c1. The van der Waals surface area contributed by atoms with Gasteiger partial charge in [-0.2, -0.15) is 0 Å². The van der Waals surface area contributed by atoms with Crippen LogP contribution < -0.4 is 10.6 Å². The van der Waals surface area contributed by atoms with Crippen LogP contribution in [-0.2, 0) is 4.79 Å². The number of carbonyl (C=O) groups excluding carboxylic acids is 3. The Labute approximate surface area is 230 Å². The largest absolute Gasteiger partial charge is 0.321 e. The fourth-order valence-electron chi connectivity index (χ4n) is 3.58. The first kappa shape index (κ1) is 26.9.